The van der Waals surface area contributed by atoms with E-state index in [1.54, 1.807) is 0 Å². The largest absolute Gasteiger partial charge is 0.377 e. The smallest absolute Gasteiger partial charge is 0.170 e. The molecule has 0 aliphatic carbocycles. The van der Waals surface area contributed by atoms with Crippen LogP contribution >= 0.6 is 0 Å². The van der Waals surface area contributed by atoms with Crippen LogP contribution in [0.4, 0.5) is 5.69 Å². The van der Waals surface area contributed by atoms with Crippen molar-refractivity contribution in [1.29, 1.82) is 0 Å². The highest BCUT2D eigenvalue weighted by atomic mass is 15.5. The Morgan fingerprint density at radius 1 is 1.22 bits per heavy atom. The van der Waals surface area contributed by atoms with Crippen LogP contribution in [0.2, 0.25) is 0 Å². The lowest BCUT2D eigenvalue weighted by Gasteiger charge is -2.10. The molecule has 0 spiro atoms. The van der Waals surface area contributed by atoms with Gasteiger partial charge in [0.05, 0.1) is 6.54 Å². The minimum absolute atomic E-state index is 0.657. The topological polar surface area (TPSA) is 55.6 Å². The van der Waals surface area contributed by atoms with Crippen LogP contribution in [0, 0.1) is 0 Å². The van der Waals surface area contributed by atoms with Gasteiger partial charge in [-0.25, -0.2) is 4.68 Å². The summed E-state index contributed by atoms with van der Waals surface area (Å²) in [5, 5.41) is 15.1. The molecule has 2 rings (SSSR count). The molecule has 0 unspecified atom stereocenters. The highest BCUT2D eigenvalue weighted by molar-refractivity contribution is 5.50. The average Bonchev–Trinajstić information content (AvgIpc) is 2.84. The number of para-hydroxylation sites is 1. The molecule has 96 valence electrons. The molecule has 1 N–H and O–H groups in total. The minimum Gasteiger partial charge on any atom is -0.377 e. The zero-order valence-electron chi connectivity index (χ0n) is 10.9. The lowest BCUT2D eigenvalue weighted by molar-refractivity contribution is 0.558. The lowest BCUT2D eigenvalue weighted by atomic mass is 10.1. The Morgan fingerprint density at radius 2 is 2.06 bits per heavy atom. The molecule has 0 bridgehead atoms. The first-order valence-corrected chi connectivity index (χ1v) is 6.42. The molecular weight excluding hydrogens is 226 g/mol. The van der Waals surface area contributed by atoms with Crippen LogP contribution in [0.25, 0.3) is 0 Å². The summed E-state index contributed by atoms with van der Waals surface area (Å²) in [7, 11) is 0. The van der Waals surface area contributed by atoms with E-state index in [1.165, 1.54) is 5.56 Å². The molecule has 5 heteroatoms. The van der Waals surface area contributed by atoms with Gasteiger partial charge in [-0.3, -0.25) is 0 Å². The second-order valence-electron chi connectivity index (χ2n) is 4.18. The Bertz CT molecular complexity index is 492. The first kappa shape index (κ1) is 12.5. The van der Waals surface area contributed by atoms with Crippen molar-refractivity contribution in [3.05, 3.63) is 35.7 Å². The summed E-state index contributed by atoms with van der Waals surface area (Å²) >= 11 is 0. The Balaban J connectivity index is 2.04. The fourth-order valence-corrected chi connectivity index (χ4v) is 1.91. The number of hydrogen-bond donors (Lipinski definition) is 1. The number of anilines is 1. The van der Waals surface area contributed by atoms with Crippen molar-refractivity contribution in [3.63, 3.8) is 0 Å². The van der Waals surface area contributed by atoms with Crippen molar-refractivity contribution in [1.82, 2.24) is 20.2 Å². The third-order valence-electron chi connectivity index (χ3n) is 2.88. The second kappa shape index (κ2) is 6.14. The van der Waals surface area contributed by atoms with Gasteiger partial charge in [-0.1, -0.05) is 32.0 Å². The predicted octanol–water partition coefficient (Wildman–Crippen LogP) is 2.26. The predicted molar refractivity (Wildman–Crippen MR) is 71.3 cm³/mol. The number of aryl methyl sites for hydroxylation is 2. The Labute approximate surface area is 107 Å². The van der Waals surface area contributed by atoms with Crippen LogP contribution in [-0.2, 0) is 19.5 Å². The summed E-state index contributed by atoms with van der Waals surface area (Å²) in [6.07, 6.45) is 2.05. The summed E-state index contributed by atoms with van der Waals surface area (Å²) < 4.78 is 1.85. The van der Waals surface area contributed by atoms with Crippen molar-refractivity contribution in [2.75, 3.05) is 5.32 Å². The summed E-state index contributed by atoms with van der Waals surface area (Å²) in [6.45, 7) is 5.79. The summed E-state index contributed by atoms with van der Waals surface area (Å²) in [4.78, 5) is 0. The number of benzene rings is 1. The molecule has 0 fully saturated rings. The van der Waals surface area contributed by atoms with Gasteiger partial charge in [0, 0.05) is 12.2 Å². The van der Waals surface area contributed by atoms with Crippen molar-refractivity contribution in [2.24, 2.45) is 0 Å². The van der Waals surface area contributed by atoms with Crippen molar-refractivity contribution in [3.8, 4) is 0 Å². The first-order chi connectivity index (χ1) is 8.85. The van der Waals surface area contributed by atoms with E-state index >= 15 is 0 Å². The number of aromatic nitrogens is 4. The van der Waals surface area contributed by atoms with E-state index in [1.807, 2.05) is 10.7 Å². The van der Waals surface area contributed by atoms with Gasteiger partial charge < -0.3 is 5.32 Å². The van der Waals surface area contributed by atoms with Crippen molar-refractivity contribution >= 4 is 5.69 Å². The number of hydrogen-bond acceptors (Lipinski definition) is 4. The zero-order chi connectivity index (χ0) is 12.8. The Morgan fingerprint density at radius 3 is 2.83 bits per heavy atom. The number of tetrazole rings is 1. The van der Waals surface area contributed by atoms with Crippen molar-refractivity contribution < 1.29 is 0 Å². The van der Waals surface area contributed by atoms with Gasteiger partial charge in [-0.05, 0) is 34.9 Å². The Kier molecular flexibility index (Phi) is 4.28. The van der Waals surface area contributed by atoms with E-state index in [9.17, 15) is 0 Å². The maximum Gasteiger partial charge on any atom is 0.170 e. The summed E-state index contributed by atoms with van der Waals surface area (Å²) in [5.74, 6) is 0.878. The lowest BCUT2D eigenvalue weighted by Crippen LogP contribution is -2.10. The molecule has 1 aromatic carbocycles. The fourth-order valence-electron chi connectivity index (χ4n) is 1.91. The number of nitrogens with zero attached hydrogens (tertiary/aromatic N) is 4. The SMILES string of the molecule is CCCn1nnnc1CNc1ccccc1CC. The van der Waals surface area contributed by atoms with Crippen LogP contribution in [-0.4, -0.2) is 20.2 Å². The molecule has 1 heterocycles. The standard InChI is InChI=1S/C13H19N5/c1-3-9-18-13(15-16-17-18)10-14-12-8-6-5-7-11(12)4-2/h5-8,14H,3-4,9-10H2,1-2H3. The molecule has 0 amide bonds. The van der Waals surface area contributed by atoms with Crippen LogP contribution in [0.15, 0.2) is 24.3 Å². The molecule has 0 atom stereocenters. The van der Waals surface area contributed by atoms with Gasteiger partial charge in [-0.15, -0.1) is 5.10 Å². The summed E-state index contributed by atoms with van der Waals surface area (Å²) in [5.41, 5.74) is 2.47. The van der Waals surface area contributed by atoms with Crippen LogP contribution < -0.4 is 5.32 Å². The third-order valence-corrected chi connectivity index (χ3v) is 2.88. The first-order valence-electron chi connectivity index (χ1n) is 6.42. The van der Waals surface area contributed by atoms with E-state index in [4.69, 9.17) is 0 Å². The maximum absolute atomic E-state index is 4.04. The van der Waals surface area contributed by atoms with Crippen molar-refractivity contribution in [2.45, 2.75) is 39.8 Å². The molecule has 0 saturated carbocycles. The van der Waals surface area contributed by atoms with Crippen LogP contribution in [0.1, 0.15) is 31.7 Å². The number of rotatable bonds is 6. The van der Waals surface area contributed by atoms with Gasteiger partial charge >= 0.3 is 0 Å². The van der Waals surface area contributed by atoms with Crippen LogP contribution in [0.3, 0.4) is 0 Å². The van der Waals surface area contributed by atoms with E-state index in [-0.39, 0.29) is 0 Å². The fraction of sp³-hybridized carbons (Fsp3) is 0.462. The molecule has 5 nitrogen and oxygen atoms in total. The van der Waals surface area contributed by atoms with E-state index in [2.05, 4.69) is 52.9 Å². The zero-order valence-corrected chi connectivity index (χ0v) is 10.9. The highest BCUT2D eigenvalue weighted by Gasteiger charge is 2.05. The van der Waals surface area contributed by atoms with Gasteiger partial charge in [0.25, 0.3) is 0 Å². The maximum atomic E-state index is 4.04. The Hall–Kier alpha value is -1.91. The van der Waals surface area contributed by atoms with Gasteiger partial charge in [-0.2, -0.15) is 0 Å². The minimum atomic E-state index is 0.657. The molecule has 0 radical (unpaired) electrons. The molecule has 0 aliphatic rings. The molecule has 0 saturated heterocycles. The molecule has 18 heavy (non-hydrogen) atoms. The highest BCUT2D eigenvalue weighted by Crippen LogP contribution is 2.15. The van der Waals surface area contributed by atoms with E-state index in [0.717, 1.165) is 30.9 Å². The number of nitrogens with one attached hydrogen (secondary N) is 1. The summed E-state index contributed by atoms with van der Waals surface area (Å²) in [6, 6.07) is 8.33. The molecule has 1 aromatic heterocycles. The quantitative estimate of drug-likeness (QED) is 0.848. The molecule has 2 aromatic rings. The molecular formula is C13H19N5. The van der Waals surface area contributed by atoms with Gasteiger partial charge in [0.2, 0.25) is 0 Å². The van der Waals surface area contributed by atoms with Gasteiger partial charge in [0.1, 0.15) is 0 Å². The van der Waals surface area contributed by atoms with E-state index < -0.39 is 0 Å². The molecule has 0 aliphatic heterocycles. The van der Waals surface area contributed by atoms with E-state index in [0.29, 0.717) is 6.54 Å². The third kappa shape index (κ3) is 2.85. The monoisotopic (exact) mass is 245 g/mol. The van der Waals surface area contributed by atoms with Crippen LogP contribution in [0.5, 0.6) is 0 Å². The second-order valence-corrected chi connectivity index (χ2v) is 4.18. The average molecular weight is 245 g/mol. The normalized spacial score (nSPS) is 10.6. The van der Waals surface area contributed by atoms with Gasteiger partial charge in [0.15, 0.2) is 5.82 Å².